The van der Waals surface area contributed by atoms with E-state index in [0.717, 1.165) is 13.0 Å². The molecule has 2 aromatic carbocycles. The Kier molecular flexibility index (Phi) is 3.03. The minimum atomic E-state index is -0.446. The van der Waals surface area contributed by atoms with Crippen molar-refractivity contribution >= 4 is 11.5 Å². The molecule has 1 saturated carbocycles. The van der Waals surface area contributed by atoms with E-state index < -0.39 is 5.82 Å². The minimum Gasteiger partial charge on any atom is -0.384 e. The summed E-state index contributed by atoms with van der Waals surface area (Å²) in [5.74, 6) is 1.26. The van der Waals surface area contributed by atoms with E-state index in [1.807, 2.05) is 0 Å². The summed E-state index contributed by atoms with van der Waals surface area (Å²) in [4.78, 5) is 11.6. The van der Waals surface area contributed by atoms with Crippen LogP contribution in [0.5, 0.6) is 0 Å². The second-order valence-corrected chi connectivity index (χ2v) is 6.36. The standard InChI is InChI=1S/C19H18FNO/c1-11(22)18-16(20)7-4-8-17(18)21-10-15-14-9-12-5-2-3-6-13(12)19(14)15/h2-8,14-15,19,21H,9-10H2,1H3. The van der Waals surface area contributed by atoms with Crippen LogP contribution in [0.2, 0.25) is 0 Å². The van der Waals surface area contributed by atoms with Crippen LogP contribution in [0.1, 0.15) is 34.3 Å². The molecule has 0 bridgehead atoms. The van der Waals surface area contributed by atoms with Gasteiger partial charge in [-0.25, -0.2) is 4.39 Å². The summed E-state index contributed by atoms with van der Waals surface area (Å²) in [7, 11) is 0. The lowest BCUT2D eigenvalue weighted by Crippen LogP contribution is -2.12. The molecule has 3 unspecified atom stereocenters. The number of anilines is 1. The molecule has 0 aromatic heterocycles. The van der Waals surface area contributed by atoms with Crippen LogP contribution in [0.15, 0.2) is 42.5 Å². The molecule has 2 aliphatic carbocycles. The predicted octanol–water partition coefficient (Wildman–Crippen LogP) is 4.03. The number of hydrogen-bond donors (Lipinski definition) is 1. The first kappa shape index (κ1) is 13.5. The molecule has 0 spiro atoms. The molecule has 3 atom stereocenters. The molecule has 112 valence electrons. The molecule has 2 aliphatic rings. The molecule has 3 heteroatoms. The van der Waals surface area contributed by atoms with Gasteiger partial charge in [-0.1, -0.05) is 30.3 Å². The number of carbonyl (C=O) groups is 1. The number of rotatable bonds is 4. The van der Waals surface area contributed by atoms with Gasteiger partial charge >= 0.3 is 0 Å². The van der Waals surface area contributed by atoms with Crippen molar-refractivity contribution in [3.63, 3.8) is 0 Å². The molecule has 2 nitrogen and oxygen atoms in total. The number of Topliss-reactive ketones (excluding diaryl/α,β-unsaturated/α-hetero) is 1. The van der Waals surface area contributed by atoms with E-state index in [2.05, 4.69) is 29.6 Å². The van der Waals surface area contributed by atoms with Gasteiger partial charge in [0, 0.05) is 12.2 Å². The van der Waals surface area contributed by atoms with Crippen molar-refractivity contribution in [2.75, 3.05) is 11.9 Å². The number of carbonyl (C=O) groups excluding carboxylic acids is 1. The van der Waals surface area contributed by atoms with Crippen molar-refractivity contribution in [2.45, 2.75) is 19.3 Å². The fourth-order valence-electron chi connectivity index (χ4n) is 4.02. The number of ketones is 1. The van der Waals surface area contributed by atoms with E-state index in [1.54, 1.807) is 12.1 Å². The predicted molar refractivity (Wildman–Crippen MR) is 84.8 cm³/mol. The summed E-state index contributed by atoms with van der Waals surface area (Å²) < 4.78 is 13.8. The molecule has 0 aliphatic heterocycles. The normalized spacial score (nSPS) is 24.5. The molecule has 0 radical (unpaired) electrons. The van der Waals surface area contributed by atoms with Crippen molar-refractivity contribution in [1.82, 2.24) is 0 Å². The Labute approximate surface area is 129 Å². The van der Waals surface area contributed by atoms with Gasteiger partial charge < -0.3 is 5.32 Å². The van der Waals surface area contributed by atoms with Crippen LogP contribution < -0.4 is 5.32 Å². The van der Waals surface area contributed by atoms with E-state index in [4.69, 9.17) is 0 Å². The van der Waals surface area contributed by atoms with Crippen molar-refractivity contribution in [3.05, 3.63) is 65.0 Å². The zero-order valence-corrected chi connectivity index (χ0v) is 12.5. The average Bonchev–Trinajstić information content (AvgIpc) is 3.03. The van der Waals surface area contributed by atoms with Gasteiger partial charge in [0.15, 0.2) is 5.78 Å². The van der Waals surface area contributed by atoms with Gasteiger partial charge in [-0.2, -0.15) is 0 Å². The zero-order valence-electron chi connectivity index (χ0n) is 12.5. The molecule has 0 amide bonds. The second kappa shape index (κ2) is 4.94. The Balaban J connectivity index is 1.48. The number of hydrogen-bond acceptors (Lipinski definition) is 2. The van der Waals surface area contributed by atoms with Gasteiger partial charge in [-0.05, 0) is 54.4 Å². The van der Waals surface area contributed by atoms with E-state index in [0.29, 0.717) is 23.4 Å². The van der Waals surface area contributed by atoms with Crippen LogP contribution in [0.25, 0.3) is 0 Å². The highest BCUT2D eigenvalue weighted by Crippen LogP contribution is 2.61. The van der Waals surface area contributed by atoms with Crippen molar-refractivity contribution < 1.29 is 9.18 Å². The molecule has 2 aromatic rings. The quantitative estimate of drug-likeness (QED) is 0.863. The van der Waals surface area contributed by atoms with Crippen molar-refractivity contribution in [3.8, 4) is 0 Å². The summed E-state index contributed by atoms with van der Waals surface area (Å²) in [6, 6.07) is 13.4. The highest BCUT2D eigenvalue weighted by atomic mass is 19.1. The lowest BCUT2D eigenvalue weighted by Gasteiger charge is -2.12. The number of halogens is 1. The maximum absolute atomic E-state index is 13.8. The zero-order chi connectivity index (χ0) is 15.3. The molecular weight excluding hydrogens is 277 g/mol. The second-order valence-electron chi connectivity index (χ2n) is 6.36. The molecule has 22 heavy (non-hydrogen) atoms. The monoisotopic (exact) mass is 295 g/mol. The lowest BCUT2D eigenvalue weighted by molar-refractivity contribution is 0.101. The van der Waals surface area contributed by atoms with E-state index in [1.165, 1.54) is 24.1 Å². The summed E-state index contributed by atoms with van der Waals surface area (Å²) in [6.07, 6.45) is 1.15. The lowest BCUT2D eigenvalue weighted by atomic mass is 10.0. The Hall–Kier alpha value is -2.16. The van der Waals surface area contributed by atoms with Crippen LogP contribution in [-0.4, -0.2) is 12.3 Å². The third-order valence-electron chi connectivity index (χ3n) is 5.10. The van der Waals surface area contributed by atoms with Crippen LogP contribution in [0.4, 0.5) is 10.1 Å². The van der Waals surface area contributed by atoms with Gasteiger partial charge in [0.2, 0.25) is 0 Å². The Morgan fingerprint density at radius 2 is 2.05 bits per heavy atom. The first-order chi connectivity index (χ1) is 10.7. The van der Waals surface area contributed by atoms with Crippen LogP contribution >= 0.6 is 0 Å². The summed E-state index contributed by atoms with van der Waals surface area (Å²) >= 11 is 0. The smallest absolute Gasteiger partial charge is 0.164 e. The number of fused-ring (bicyclic) bond motifs is 3. The first-order valence-electron chi connectivity index (χ1n) is 7.78. The average molecular weight is 295 g/mol. The SMILES string of the molecule is CC(=O)c1c(F)cccc1NCC1C2Cc3ccccc3C12. The Morgan fingerprint density at radius 1 is 1.23 bits per heavy atom. The molecule has 0 saturated heterocycles. The Morgan fingerprint density at radius 3 is 2.86 bits per heavy atom. The van der Waals surface area contributed by atoms with Crippen LogP contribution in [-0.2, 0) is 6.42 Å². The summed E-state index contributed by atoms with van der Waals surface area (Å²) in [5.41, 5.74) is 3.74. The van der Waals surface area contributed by atoms with E-state index >= 15 is 0 Å². The summed E-state index contributed by atoms with van der Waals surface area (Å²) in [6.45, 7) is 2.21. The fourth-order valence-corrected chi connectivity index (χ4v) is 4.02. The van der Waals surface area contributed by atoms with Gasteiger partial charge in [-0.3, -0.25) is 4.79 Å². The van der Waals surface area contributed by atoms with Gasteiger partial charge in [-0.15, -0.1) is 0 Å². The largest absolute Gasteiger partial charge is 0.384 e. The first-order valence-corrected chi connectivity index (χ1v) is 7.78. The maximum Gasteiger partial charge on any atom is 0.164 e. The third kappa shape index (κ3) is 2.04. The highest BCUT2D eigenvalue weighted by molar-refractivity contribution is 5.99. The van der Waals surface area contributed by atoms with Crippen molar-refractivity contribution in [1.29, 1.82) is 0 Å². The number of nitrogens with one attached hydrogen (secondary N) is 1. The van der Waals surface area contributed by atoms with E-state index in [-0.39, 0.29) is 11.3 Å². The fraction of sp³-hybridized carbons (Fsp3) is 0.316. The third-order valence-corrected chi connectivity index (χ3v) is 5.10. The number of benzene rings is 2. The molecule has 1 fully saturated rings. The van der Waals surface area contributed by atoms with Gasteiger partial charge in [0.05, 0.1) is 5.56 Å². The van der Waals surface area contributed by atoms with Crippen LogP contribution in [0, 0.1) is 17.7 Å². The molecule has 0 heterocycles. The molecular formula is C19H18FNO. The van der Waals surface area contributed by atoms with Crippen LogP contribution in [0.3, 0.4) is 0 Å². The van der Waals surface area contributed by atoms with Crippen molar-refractivity contribution in [2.24, 2.45) is 11.8 Å². The Bertz CT molecular complexity index is 755. The molecule has 4 rings (SSSR count). The van der Waals surface area contributed by atoms with E-state index in [9.17, 15) is 9.18 Å². The van der Waals surface area contributed by atoms with Gasteiger partial charge in [0.1, 0.15) is 5.82 Å². The summed E-state index contributed by atoms with van der Waals surface area (Å²) in [5, 5.41) is 3.30. The molecule has 1 N–H and O–H groups in total. The van der Waals surface area contributed by atoms with Gasteiger partial charge in [0.25, 0.3) is 0 Å². The topological polar surface area (TPSA) is 29.1 Å². The maximum atomic E-state index is 13.8. The highest BCUT2D eigenvalue weighted by Gasteiger charge is 2.54. The minimum absolute atomic E-state index is 0.175.